The average molecular weight is 478 g/mol. The van der Waals surface area contributed by atoms with Crippen LogP contribution < -0.4 is 5.11 Å². The number of carboxylic acids is 1. The van der Waals surface area contributed by atoms with Crippen molar-refractivity contribution in [3.8, 4) is 0 Å². The number of unbranched alkanes of at least 4 members (excludes halogenated alkanes) is 11. The van der Waals surface area contributed by atoms with Crippen molar-refractivity contribution in [2.45, 2.75) is 96.8 Å². The molecular formula is C18H33AuO2. The summed E-state index contributed by atoms with van der Waals surface area (Å²) in [7, 11) is 0. The van der Waals surface area contributed by atoms with Gasteiger partial charge in [-0.1, -0.05) is 70.4 Å². The SMILES string of the molecule is CCCCCCCC/C=C\CCCCCCCC(=O)[O-].[Au+]. The smallest absolute Gasteiger partial charge is 0.550 e. The van der Waals surface area contributed by atoms with Gasteiger partial charge in [-0.05, 0) is 38.5 Å². The van der Waals surface area contributed by atoms with Crippen LogP contribution in [0.25, 0.3) is 0 Å². The predicted octanol–water partition coefficient (Wildman–Crippen LogP) is 4.77. The number of hydrogen-bond acceptors (Lipinski definition) is 2. The van der Waals surface area contributed by atoms with E-state index in [1.807, 2.05) is 0 Å². The van der Waals surface area contributed by atoms with E-state index in [2.05, 4.69) is 19.1 Å². The monoisotopic (exact) mass is 478 g/mol. The van der Waals surface area contributed by atoms with Gasteiger partial charge in [-0.15, -0.1) is 0 Å². The molecule has 0 unspecified atom stereocenters. The molecule has 0 aromatic carbocycles. The van der Waals surface area contributed by atoms with Crippen molar-refractivity contribution < 1.29 is 32.3 Å². The zero-order valence-electron chi connectivity index (χ0n) is 13.7. The van der Waals surface area contributed by atoms with Crippen molar-refractivity contribution in [3.63, 3.8) is 0 Å². The van der Waals surface area contributed by atoms with E-state index in [1.165, 1.54) is 64.2 Å². The van der Waals surface area contributed by atoms with Crippen LogP contribution in [-0.2, 0) is 27.2 Å². The van der Waals surface area contributed by atoms with Crippen LogP contribution >= 0.6 is 0 Å². The minimum absolute atomic E-state index is 0. The molecule has 0 rings (SSSR count). The van der Waals surface area contributed by atoms with E-state index in [0.717, 1.165) is 19.3 Å². The quantitative estimate of drug-likeness (QED) is 0.193. The molecule has 0 atom stereocenters. The third kappa shape index (κ3) is 22.4. The summed E-state index contributed by atoms with van der Waals surface area (Å²) < 4.78 is 0. The van der Waals surface area contributed by atoms with E-state index in [9.17, 15) is 9.90 Å². The Bertz CT molecular complexity index is 239. The molecule has 0 aliphatic heterocycles. The Kier molecular flexibility index (Phi) is 22.1. The first-order valence-electron chi connectivity index (χ1n) is 8.62. The van der Waals surface area contributed by atoms with Gasteiger partial charge >= 0.3 is 22.4 Å². The summed E-state index contributed by atoms with van der Waals surface area (Å²) in [5.74, 6) is -0.914. The second-order valence-electron chi connectivity index (χ2n) is 5.71. The van der Waals surface area contributed by atoms with Crippen molar-refractivity contribution in [3.05, 3.63) is 12.2 Å². The van der Waals surface area contributed by atoms with Crippen LogP contribution in [0.1, 0.15) is 96.8 Å². The fourth-order valence-corrected chi connectivity index (χ4v) is 2.34. The van der Waals surface area contributed by atoms with Gasteiger partial charge in [-0.2, -0.15) is 0 Å². The molecule has 0 saturated heterocycles. The zero-order chi connectivity index (χ0) is 14.9. The number of aliphatic carboxylic acids is 1. The molecule has 0 radical (unpaired) electrons. The molecule has 0 aromatic heterocycles. The summed E-state index contributed by atoms with van der Waals surface area (Å²) in [6, 6.07) is 0. The molecule has 21 heavy (non-hydrogen) atoms. The molecule has 0 N–H and O–H groups in total. The molecule has 0 heterocycles. The maximum atomic E-state index is 10.2. The molecule has 0 spiro atoms. The van der Waals surface area contributed by atoms with Crippen LogP contribution in [0.3, 0.4) is 0 Å². The summed E-state index contributed by atoms with van der Waals surface area (Å²) in [6.07, 6.45) is 20.9. The number of rotatable bonds is 15. The Labute approximate surface area is 147 Å². The average Bonchev–Trinajstić information content (AvgIpc) is 2.43. The van der Waals surface area contributed by atoms with Gasteiger partial charge in [0, 0.05) is 5.97 Å². The van der Waals surface area contributed by atoms with Crippen LogP contribution in [0.15, 0.2) is 12.2 Å². The summed E-state index contributed by atoms with van der Waals surface area (Å²) in [5, 5.41) is 10.2. The minimum atomic E-state index is -0.914. The van der Waals surface area contributed by atoms with Gasteiger partial charge < -0.3 is 9.90 Å². The van der Waals surface area contributed by atoms with E-state index in [0.29, 0.717) is 0 Å². The maximum Gasteiger partial charge on any atom is 1.00 e. The molecule has 0 aliphatic rings. The normalized spacial score (nSPS) is 10.7. The van der Waals surface area contributed by atoms with Gasteiger partial charge in [0.1, 0.15) is 0 Å². The molecule has 2 nitrogen and oxygen atoms in total. The van der Waals surface area contributed by atoms with Crippen LogP contribution in [0.5, 0.6) is 0 Å². The van der Waals surface area contributed by atoms with E-state index in [1.54, 1.807) is 0 Å². The molecule has 0 amide bonds. The number of carboxylic acid groups (broad SMARTS) is 1. The second kappa shape index (κ2) is 20.0. The molecule has 0 saturated carbocycles. The maximum absolute atomic E-state index is 10.2. The van der Waals surface area contributed by atoms with E-state index >= 15 is 0 Å². The topological polar surface area (TPSA) is 40.1 Å². The van der Waals surface area contributed by atoms with E-state index in [-0.39, 0.29) is 28.8 Å². The standard InChI is InChI=1S/C18H34O2.Au/c1-2-3-4-5-6-7-8-9-10-11-12-13-14-15-16-17-18(19)20;/h9-10H,2-8,11-17H2,1H3,(H,19,20);/q;+1/p-1/b10-9-;. The number of allylic oxidation sites excluding steroid dienone is 2. The summed E-state index contributed by atoms with van der Waals surface area (Å²) in [6.45, 7) is 2.26. The largest absolute Gasteiger partial charge is 1.00 e. The van der Waals surface area contributed by atoms with Crippen molar-refractivity contribution in [2.75, 3.05) is 0 Å². The van der Waals surface area contributed by atoms with Crippen molar-refractivity contribution in [2.24, 2.45) is 0 Å². The molecule has 0 fully saturated rings. The van der Waals surface area contributed by atoms with Gasteiger partial charge in [-0.3, -0.25) is 0 Å². The van der Waals surface area contributed by atoms with Crippen LogP contribution in [-0.4, -0.2) is 5.97 Å². The third-order valence-corrected chi connectivity index (χ3v) is 3.64. The molecule has 0 aromatic rings. The number of hydrogen-bond donors (Lipinski definition) is 0. The molecule has 128 valence electrons. The summed E-state index contributed by atoms with van der Waals surface area (Å²) in [4.78, 5) is 10.2. The Hall–Kier alpha value is -0.0497. The minimum Gasteiger partial charge on any atom is -0.550 e. The van der Waals surface area contributed by atoms with Gasteiger partial charge in [0.25, 0.3) is 0 Å². The predicted molar refractivity (Wildman–Crippen MR) is 84.5 cm³/mol. The summed E-state index contributed by atoms with van der Waals surface area (Å²) >= 11 is 0. The van der Waals surface area contributed by atoms with Crippen LogP contribution in [0, 0.1) is 0 Å². The summed E-state index contributed by atoms with van der Waals surface area (Å²) in [5.41, 5.74) is 0. The van der Waals surface area contributed by atoms with Gasteiger partial charge in [0.05, 0.1) is 0 Å². The first-order valence-corrected chi connectivity index (χ1v) is 8.62. The van der Waals surface area contributed by atoms with E-state index < -0.39 is 5.97 Å². The first-order chi connectivity index (χ1) is 9.77. The Morgan fingerprint density at radius 3 is 1.67 bits per heavy atom. The molecule has 0 bridgehead atoms. The second-order valence-corrected chi connectivity index (χ2v) is 5.71. The van der Waals surface area contributed by atoms with Crippen molar-refractivity contribution in [1.82, 2.24) is 0 Å². The molecule has 3 heteroatoms. The third-order valence-electron chi connectivity index (χ3n) is 3.64. The van der Waals surface area contributed by atoms with Gasteiger partial charge in [-0.25, -0.2) is 0 Å². The van der Waals surface area contributed by atoms with Crippen molar-refractivity contribution >= 4 is 5.97 Å². The Morgan fingerprint density at radius 1 is 0.762 bits per heavy atom. The molecular weight excluding hydrogens is 445 g/mol. The van der Waals surface area contributed by atoms with Crippen molar-refractivity contribution in [1.29, 1.82) is 0 Å². The Morgan fingerprint density at radius 2 is 1.19 bits per heavy atom. The zero-order valence-corrected chi connectivity index (χ0v) is 15.8. The van der Waals surface area contributed by atoms with Gasteiger partial charge in [0.2, 0.25) is 0 Å². The number of carbonyl (C=O) groups is 1. The fourth-order valence-electron chi connectivity index (χ4n) is 2.34. The van der Waals surface area contributed by atoms with E-state index in [4.69, 9.17) is 0 Å². The van der Waals surface area contributed by atoms with Gasteiger partial charge in [0.15, 0.2) is 0 Å². The van der Waals surface area contributed by atoms with Crippen LogP contribution in [0.2, 0.25) is 0 Å². The molecule has 0 aliphatic carbocycles. The first kappa shape index (κ1) is 23.2. The fraction of sp³-hybridized carbons (Fsp3) is 0.833. The Balaban J connectivity index is 0. The number of carbonyl (C=O) groups excluding carboxylic acids is 1. The van der Waals surface area contributed by atoms with Crippen LogP contribution in [0.4, 0.5) is 0 Å².